The highest BCUT2D eigenvalue weighted by atomic mass is 32.2. The Labute approximate surface area is 183 Å². The van der Waals surface area contributed by atoms with Gasteiger partial charge < -0.3 is 13.7 Å². The third-order valence-electron chi connectivity index (χ3n) is 4.98. The number of hydrogen-bond acceptors (Lipinski definition) is 6. The van der Waals surface area contributed by atoms with Gasteiger partial charge in [-0.2, -0.15) is 0 Å². The van der Waals surface area contributed by atoms with Crippen LogP contribution in [0.1, 0.15) is 5.56 Å². The Balaban J connectivity index is 1.52. The summed E-state index contributed by atoms with van der Waals surface area (Å²) in [4.78, 5) is 4.57. The number of para-hydroxylation sites is 3. The summed E-state index contributed by atoms with van der Waals surface area (Å²) < 4.78 is 13.6. The molecule has 2 aromatic heterocycles. The molecule has 0 aliphatic rings. The lowest BCUT2D eigenvalue weighted by Gasteiger charge is -2.12. The van der Waals surface area contributed by atoms with E-state index < -0.39 is 0 Å². The number of aryl methyl sites for hydroxylation is 1. The van der Waals surface area contributed by atoms with Crippen molar-refractivity contribution in [2.24, 2.45) is 0 Å². The van der Waals surface area contributed by atoms with Gasteiger partial charge in [-0.25, -0.2) is 4.98 Å². The Kier molecular flexibility index (Phi) is 5.41. The standard InChI is InChI=1S/C24H20N4O2S/c1-29-20-13-7-5-11-18(20)22-26-27-23(28(22)16-15-17-9-3-2-4-10-17)31-24-25-19-12-6-8-14-21(19)30-24/h2-14H,15-16H2,1H3. The summed E-state index contributed by atoms with van der Waals surface area (Å²) in [5.74, 6) is 1.52. The number of nitrogens with zero attached hydrogens (tertiary/aromatic N) is 4. The van der Waals surface area contributed by atoms with Gasteiger partial charge in [-0.3, -0.25) is 0 Å². The fourth-order valence-corrected chi connectivity index (χ4v) is 4.25. The van der Waals surface area contributed by atoms with E-state index in [9.17, 15) is 0 Å². The lowest BCUT2D eigenvalue weighted by Crippen LogP contribution is -2.06. The Morgan fingerprint density at radius 3 is 2.52 bits per heavy atom. The summed E-state index contributed by atoms with van der Waals surface area (Å²) in [7, 11) is 1.66. The molecule has 5 aromatic rings. The van der Waals surface area contributed by atoms with E-state index in [1.165, 1.54) is 17.3 Å². The second kappa shape index (κ2) is 8.65. The molecule has 154 valence electrons. The van der Waals surface area contributed by atoms with Crippen molar-refractivity contribution < 1.29 is 9.15 Å². The lowest BCUT2D eigenvalue weighted by molar-refractivity contribution is 0.415. The zero-order valence-corrected chi connectivity index (χ0v) is 17.7. The van der Waals surface area contributed by atoms with Crippen LogP contribution in [0, 0.1) is 0 Å². The molecule has 0 saturated carbocycles. The summed E-state index contributed by atoms with van der Waals surface area (Å²) in [5, 5.41) is 10.2. The molecule has 0 spiro atoms. The minimum absolute atomic E-state index is 0.543. The lowest BCUT2D eigenvalue weighted by atomic mass is 10.1. The van der Waals surface area contributed by atoms with Gasteiger partial charge in [-0.15, -0.1) is 10.2 Å². The highest BCUT2D eigenvalue weighted by Crippen LogP contribution is 2.34. The number of fused-ring (bicyclic) bond motifs is 1. The van der Waals surface area contributed by atoms with E-state index in [1.807, 2.05) is 54.6 Å². The molecule has 5 rings (SSSR count). The maximum absolute atomic E-state index is 5.90. The largest absolute Gasteiger partial charge is 0.496 e. The van der Waals surface area contributed by atoms with Crippen molar-refractivity contribution in [3.8, 4) is 17.1 Å². The van der Waals surface area contributed by atoms with Crippen molar-refractivity contribution >= 4 is 22.9 Å². The van der Waals surface area contributed by atoms with Crippen LogP contribution in [0.5, 0.6) is 5.75 Å². The molecule has 0 bridgehead atoms. The molecule has 0 N–H and O–H groups in total. The van der Waals surface area contributed by atoms with E-state index in [-0.39, 0.29) is 0 Å². The van der Waals surface area contributed by atoms with Gasteiger partial charge in [0.2, 0.25) is 5.16 Å². The smallest absolute Gasteiger partial charge is 0.264 e. The summed E-state index contributed by atoms with van der Waals surface area (Å²) >= 11 is 1.37. The summed E-state index contributed by atoms with van der Waals surface area (Å²) in [5.41, 5.74) is 3.73. The number of aromatic nitrogens is 4. The topological polar surface area (TPSA) is 66.0 Å². The average molecular weight is 429 g/mol. The van der Waals surface area contributed by atoms with Crippen molar-refractivity contribution in [2.45, 2.75) is 23.3 Å². The van der Waals surface area contributed by atoms with Crippen LogP contribution in [0.25, 0.3) is 22.5 Å². The molecule has 0 aliphatic heterocycles. The Hall–Kier alpha value is -3.58. The number of benzene rings is 3. The molecule has 0 atom stereocenters. The van der Waals surface area contributed by atoms with Crippen LogP contribution in [0.4, 0.5) is 0 Å². The monoisotopic (exact) mass is 428 g/mol. The number of oxazole rings is 1. The molecule has 31 heavy (non-hydrogen) atoms. The Bertz CT molecular complexity index is 1280. The van der Waals surface area contributed by atoms with E-state index >= 15 is 0 Å². The van der Waals surface area contributed by atoms with Gasteiger partial charge in [0.15, 0.2) is 11.4 Å². The SMILES string of the molecule is COc1ccccc1-c1nnc(Sc2nc3ccccc3o2)n1CCc1ccccc1. The third-order valence-corrected chi connectivity index (χ3v) is 5.82. The number of ether oxygens (including phenoxy) is 1. The molecule has 0 unspecified atom stereocenters. The second-order valence-corrected chi connectivity index (χ2v) is 7.86. The first-order valence-corrected chi connectivity index (χ1v) is 10.8. The molecule has 0 saturated heterocycles. The highest BCUT2D eigenvalue weighted by molar-refractivity contribution is 7.99. The molecule has 0 amide bonds. The highest BCUT2D eigenvalue weighted by Gasteiger charge is 2.20. The summed E-state index contributed by atoms with van der Waals surface area (Å²) in [6.45, 7) is 0.715. The fraction of sp³-hybridized carbons (Fsp3) is 0.125. The Morgan fingerprint density at radius 1 is 0.903 bits per heavy atom. The maximum Gasteiger partial charge on any atom is 0.264 e. The van der Waals surface area contributed by atoms with Gasteiger partial charge in [0, 0.05) is 18.3 Å². The molecule has 7 heteroatoms. The van der Waals surface area contributed by atoms with Crippen LogP contribution in [0.2, 0.25) is 0 Å². The first-order chi connectivity index (χ1) is 15.3. The quantitative estimate of drug-likeness (QED) is 0.342. The van der Waals surface area contributed by atoms with Crippen LogP contribution >= 0.6 is 11.8 Å². The maximum atomic E-state index is 5.90. The summed E-state index contributed by atoms with van der Waals surface area (Å²) in [6.07, 6.45) is 0.849. The molecular formula is C24H20N4O2S. The van der Waals surface area contributed by atoms with Gasteiger partial charge in [-0.1, -0.05) is 54.6 Å². The van der Waals surface area contributed by atoms with Gasteiger partial charge in [-0.05, 0) is 36.2 Å². The number of methoxy groups -OCH3 is 1. The van der Waals surface area contributed by atoms with Crippen molar-refractivity contribution in [2.75, 3.05) is 7.11 Å². The minimum atomic E-state index is 0.543. The van der Waals surface area contributed by atoms with E-state index in [0.717, 1.165) is 39.8 Å². The fourth-order valence-electron chi connectivity index (χ4n) is 3.45. The molecule has 2 heterocycles. The third kappa shape index (κ3) is 4.04. The van der Waals surface area contributed by atoms with Crippen LogP contribution in [0.3, 0.4) is 0 Å². The average Bonchev–Trinajstić information content (AvgIpc) is 3.41. The first-order valence-electron chi connectivity index (χ1n) is 9.96. The molecule has 0 radical (unpaired) electrons. The Morgan fingerprint density at radius 2 is 1.68 bits per heavy atom. The predicted octanol–water partition coefficient (Wildman–Crippen LogP) is 5.49. The summed E-state index contributed by atoms with van der Waals surface area (Å²) in [6, 6.07) is 25.9. The number of rotatable bonds is 7. The van der Waals surface area contributed by atoms with E-state index in [2.05, 4.69) is 44.0 Å². The number of hydrogen-bond donors (Lipinski definition) is 0. The van der Waals surface area contributed by atoms with Crippen LogP contribution in [-0.4, -0.2) is 26.9 Å². The minimum Gasteiger partial charge on any atom is -0.496 e. The zero-order chi connectivity index (χ0) is 21.0. The molecule has 0 fully saturated rings. The predicted molar refractivity (Wildman–Crippen MR) is 120 cm³/mol. The van der Waals surface area contributed by atoms with Crippen molar-refractivity contribution in [3.05, 3.63) is 84.4 Å². The van der Waals surface area contributed by atoms with Crippen molar-refractivity contribution in [1.29, 1.82) is 0 Å². The molecule has 0 aliphatic carbocycles. The normalized spacial score (nSPS) is 11.1. The van der Waals surface area contributed by atoms with Gasteiger partial charge >= 0.3 is 0 Å². The van der Waals surface area contributed by atoms with Crippen molar-refractivity contribution in [1.82, 2.24) is 19.7 Å². The van der Waals surface area contributed by atoms with E-state index in [4.69, 9.17) is 9.15 Å². The van der Waals surface area contributed by atoms with E-state index in [1.54, 1.807) is 7.11 Å². The van der Waals surface area contributed by atoms with Crippen LogP contribution in [0.15, 0.2) is 93.7 Å². The van der Waals surface area contributed by atoms with Gasteiger partial charge in [0.25, 0.3) is 5.22 Å². The second-order valence-electron chi connectivity index (χ2n) is 6.94. The van der Waals surface area contributed by atoms with E-state index in [0.29, 0.717) is 11.8 Å². The van der Waals surface area contributed by atoms with Crippen LogP contribution < -0.4 is 4.74 Å². The van der Waals surface area contributed by atoms with Gasteiger partial charge in [0.05, 0.1) is 12.7 Å². The molecule has 3 aromatic carbocycles. The zero-order valence-electron chi connectivity index (χ0n) is 16.9. The first kappa shape index (κ1) is 19.4. The molecular weight excluding hydrogens is 408 g/mol. The van der Waals surface area contributed by atoms with Crippen LogP contribution in [-0.2, 0) is 13.0 Å². The van der Waals surface area contributed by atoms with Gasteiger partial charge in [0.1, 0.15) is 11.3 Å². The molecule has 6 nitrogen and oxygen atoms in total. The van der Waals surface area contributed by atoms with Crippen molar-refractivity contribution in [3.63, 3.8) is 0 Å².